The molecule has 21 heavy (non-hydrogen) atoms. The topological polar surface area (TPSA) is 20.3 Å². The van der Waals surface area contributed by atoms with Crippen molar-refractivity contribution in [3.05, 3.63) is 0 Å². The van der Waals surface area contributed by atoms with Crippen LogP contribution in [0, 0.1) is 11.8 Å². The molecule has 0 radical (unpaired) electrons. The van der Waals surface area contributed by atoms with Gasteiger partial charge in [-0.3, -0.25) is 4.79 Å². The fourth-order valence-electron chi connectivity index (χ4n) is 4.05. The second-order valence-electron chi connectivity index (χ2n) is 7.05. The minimum atomic E-state index is 0.322. The predicted molar refractivity (Wildman–Crippen MR) is 92.7 cm³/mol. The van der Waals surface area contributed by atoms with E-state index in [1.165, 1.54) is 57.8 Å². The minimum Gasteiger partial charge on any atom is -0.339 e. The summed E-state index contributed by atoms with van der Waals surface area (Å²) < 4.78 is 0. The smallest absolute Gasteiger partial charge is 0.225 e. The first-order valence-electron chi connectivity index (χ1n) is 9.12. The maximum Gasteiger partial charge on any atom is 0.225 e. The van der Waals surface area contributed by atoms with Gasteiger partial charge in [0.1, 0.15) is 0 Å². The van der Waals surface area contributed by atoms with Gasteiger partial charge in [-0.25, -0.2) is 0 Å². The zero-order chi connectivity index (χ0) is 15.1. The molecule has 2 nitrogen and oxygen atoms in total. The van der Waals surface area contributed by atoms with E-state index in [0.717, 1.165) is 30.6 Å². The van der Waals surface area contributed by atoms with Crippen LogP contribution in [0.1, 0.15) is 77.6 Å². The van der Waals surface area contributed by atoms with E-state index in [1.807, 2.05) is 0 Å². The molecule has 0 spiro atoms. The Morgan fingerprint density at radius 2 is 1.86 bits per heavy atom. The van der Waals surface area contributed by atoms with Crippen LogP contribution in [0.4, 0.5) is 0 Å². The summed E-state index contributed by atoms with van der Waals surface area (Å²) in [5, 5.41) is 0.949. The van der Waals surface area contributed by atoms with Crippen molar-refractivity contribution in [1.29, 1.82) is 0 Å². The van der Waals surface area contributed by atoms with E-state index in [2.05, 4.69) is 27.8 Å². The van der Waals surface area contributed by atoms with Crippen LogP contribution >= 0.6 is 15.9 Å². The van der Waals surface area contributed by atoms with Gasteiger partial charge in [-0.15, -0.1) is 0 Å². The fraction of sp³-hybridized carbons (Fsp3) is 0.944. The molecule has 2 fully saturated rings. The summed E-state index contributed by atoms with van der Waals surface area (Å²) in [5.41, 5.74) is 0. The molecule has 1 unspecified atom stereocenters. The number of hydrogen-bond donors (Lipinski definition) is 0. The standard InChI is InChI=1S/C18H32BrNO/c1-2-3-7-15-9-11-16(12-10-15)18(21)20-13-6-4-5-8-17(20)14-19/h15-17H,2-14H2,1H3. The molecule has 0 aromatic heterocycles. The molecule has 0 N–H and O–H groups in total. The van der Waals surface area contributed by atoms with Crippen molar-refractivity contribution < 1.29 is 4.79 Å². The van der Waals surface area contributed by atoms with Crippen molar-refractivity contribution in [2.75, 3.05) is 11.9 Å². The molecule has 1 atom stereocenters. The monoisotopic (exact) mass is 357 g/mol. The first-order chi connectivity index (χ1) is 10.3. The van der Waals surface area contributed by atoms with Crippen LogP contribution in [0.25, 0.3) is 0 Å². The summed E-state index contributed by atoms with van der Waals surface area (Å²) in [7, 11) is 0. The number of hydrogen-bond acceptors (Lipinski definition) is 1. The van der Waals surface area contributed by atoms with Crippen LogP contribution in [-0.4, -0.2) is 28.7 Å². The number of halogens is 1. The Kier molecular flexibility index (Phi) is 7.56. The molecule has 1 amide bonds. The second-order valence-corrected chi connectivity index (χ2v) is 7.70. The average Bonchev–Trinajstić information content (AvgIpc) is 2.78. The van der Waals surface area contributed by atoms with E-state index in [9.17, 15) is 4.79 Å². The number of carbonyl (C=O) groups is 1. The lowest BCUT2D eigenvalue weighted by Gasteiger charge is -2.35. The summed E-state index contributed by atoms with van der Waals surface area (Å²) in [6, 6.07) is 0.442. The Labute approximate surface area is 139 Å². The quantitative estimate of drug-likeness (QED) is 0.623. The molecule has 1 saturated heterocycles. The largest absolute Gasteiger partial charge is 0.339 e. The molecule has 1 saturated carbocycles. The number of rotatable bonds is 5. The summed E-state index contributed by atoms with van der Waals surface area (Å²) >= 11 is 3.62. The van der Waals surface area contributed by atoms with E-state index >= 15 is 0 Å². The average molecular weight is 358 g/mol. The fourth-order valence-corrected chi connectivity index (χ4v) is 4.73. The lowest BCUT2D eigenvalue weighted by atomic mass is 9.79. The van der Waals surface area contributed by atoms with Gasteiger partial charge in [-0.2, -0.15) is 0 Å². The van der Waals surface area contributed by atoms with Gasteiger partial charge >= 0.3 is 0 Å². The zero-order valence-corrected chi connectivity index (χ0v) is 15.2. The van der Waals surface area contributed by atoms with Crippen LogP contribution < -0.4 is 0 Å². The SMILES string of the molecule is CCCCC1CCC(C(=O)N2CCCCCC2CBr)CC1. The first-order valence-corrected chi connectivity index (χ1v) is 10.2. The number of amides is 1. The highest BCUT2D eigenvalue weighted by atomic mass is 79.9. The Bertz CT molecular complexity index is 312. The van der Waals surface area contributed by atoms with Gasteiger partial charge in [0, 0.05) is 23.8 Å². The normalized spacial score (nSPS) is 31.0. The number of unbranched alkanes of at least 4 members (excludes halogenated alkanes) is 1. The molecule has 0 aromatic rings. The number of alkyl halides is 1. The lowest BCUT2D eigenvalue weighted by Crippen LogP contribution is -2.45. The summed E-state index contributed by atoms with van der Waals surface area (Å²) in [6.45, 7) is 3.26. The minimum absolute atomic E-state index is 0.322. The van der Waals surface area contributed by atoms with Gasteiger partial charge in [0.05, 0.1) is 0 Å². The molecule has 1 aliphatic heterocycles. The van der Waals surface area contributed by atoms with Gasteiger partial charge < -0.3 is 4.90 Å². The Balaban J connectivity index is 1.85. The maximum absolute atomic E-state index is 12.9. The van der Waals surface area contributed by atoms with E-state index in [-0.39, 0.29) is 0 Å². The highest BCUT2D eigenvalue weighted by Crippen LogP contribution is 2.34. The van der Waals surface area contributed by atoms with E-state index in [4.69, 9.17) is 0 Å². The van der Waals surface area contributed by atoms with Crippen LogP contribution in [-0.2, 0) is 4.79 Å². The van der Waals surface area contributed by atoms with Gasteiger partial charge in [-0.1, -0.05) is 55.0 Å². The maximum atomic E-state index is 12.9. The predicted octanol–water partition coefficient (Wildman–Crippen LogP) is 5.15. The van der Waals surface area contributed by atoms with E-state index < -0.39 is 0 Å². The molecule has 3 heteroatoms. The van der Waals surface area contributed by atoms with Crippen LogP contribution in [0.2, 0.25) is 0 Å². The highest BCUT2D eigenvalue weighted by Gasteiger charge is 2.32. The van der Waals surface area contributed by atoms with E-state index in [0.29, 0.717) is 17.9 Å². The molecular weight excluding hydrogens is 326 g/mol. The third-order valence-electron chi connectivity index (χ3n) is 5.50. The van der Waals surface area contributed by atoms with Crippen molar-refractivity contribution in [1.82, 2.24) is 4.90 Å². The highest BCUT2D eigenvalue weighted by molar-refractivity contribution is 9.09. The van der Waals surface area contributed by atoms with Crippen molar-refractivity contribution >= 4 is 21.8 Å². The lowest BCUT2D eigenvalue weighted by molar-refractivity contribution is -0.138. The Morgan fingerprint density at radius 3 is 2.52 bits per heavy atom. The Morgan fingerprint density at radius 1 is 1.10 bits per heavy atom. The summed E-state index contributed by atoms with van der Waals surface area (Å²) in [4.78, 5) is 15.1. The van der Waals surface area contributed by atoms with Crippen LogP contribution in [0.5, 0.6) is 0 Å². The Hall–Kier alpha value is -0.0500. The third-order valence-corrected chi connectivity index (χ3v) is 6.25. The molecular formula is C18H32BrNO. The van der Waals surface area contributed by atoms with Gasteiger partial charge in [0.15, 0.2) is 0 Å². The number of carbonyl (C=O) groups excluding carboxylic acids is 1. The van der Waals surface area contributed by atoms with Gasteiger partial charge in [0.2, 0.25) is 5.91 Å². The molecule has 2 rings (SSSR count). The summed E-state index contributed by atoms with van der Waals surface area (Å²) in [6.07, 6.45) is 13.8. The van der Waals surface area contributed by atoms with Crippen molar-refractivity contribution in [3.63, 3.8) is 0 Å². The van der Waals surface area contributed by atoms with Crippen molar-refractivity contribution in [3.8, 4) is 0 Å². The van der Waals surface area contributed by atoms with Crippen molar-refractivity contribution in [2.45, 2.75) is 83.6 Å². The number of likely N-dealkylation sites (tertiary alicyclic amines) is 1. The van der Waals surface area contributed by atoms with E-state index in [1.54, 1.807) is 0 Å². The van der Waals surface area contributed by atoms with Crippen LogP contribution in [0.15, 0.2) is 0 Å². The number of nitrogens with zero attached hydrogens (tertiary/aromatic N) is 1. The zero-order valence-electron chi connectivity index (χ0n) is 13.7. The molecule has 0 bridgehead atoms. The second kappa shape index (κ2) is 9.17. The molecule has 2 aliphatic rings. The van der Waals surface area contributed by atoms with Gasteiger partial charge in [0.25, 0.3) is 0 Å². The molecule has 1 aliphatic carbocycles. The van der Waals surface area contributed by atoms with Gasteiger partial charge in [-0.05, 0) is 44.4 Å². The first kappa shape index (κ1) is 17.3. The molecule has 0 aromatic carbocycles. The third kappa shape index (κ3) is 4.97. The molecule has 1 heterocycles. The van der Waals surface area contributed by atoms with Crippen LogP contribution in [0.3, 0.4) is 0 Å². The summed E-state index contributed by atoms with van der Waals surface area (Å²) in [5.74, 6) is 1.68. The molecule has 122 valence electrons. The van der Waals surface area contributed by atoms with Crippen molar-refractivity contribution in [2.24, 2.45) is 11.8 Å².